The quantitative estimate of drug-likeness (QED) is 0.734. The summed E-state index contributed by atoms with van der Waals surface area (Å²) >= 11 is 0. The standard InChI is InChI=1S/C22H28O4/c1-12-9-17-15-6-8-21(25,13(2)23)20(15,4)11-18-22(17,26-18)19(3)7-5-14(24)10-16(12)19/h5,7,10,12,15,17-18,25H,6,8-9,11H2,1-4H3/t12-,15-,17-,18-,19-,20-,21-,22?/m0/s1. The normalized spacial score (nSPS) is 56.8. The average molecular weight is 356 g/mol. The van der Waals surface area contributed by atoms with Gasteiger partial charge in [0.05, 0.1) is 6.10 Å². The molecule has 3 saturated carbocycles. The first-order valence-corrected chi connectivity index (χ1v) is 9.97. The van der Waals surface area contributed by atoms with Gasteiger partial charge in [-0.2, -0.15) is 0 Å². The molecule has 26 heavy (non-hydrogen) atoms. The number of carbonyl (C=O) groups is 2. The maximum absolute atomic E-state index is 12.3. The van der Waals surface area contributed by atoms with Crippen LogP contribution in [0.5, 0.6) is 0 Å². The van der Waals surface area contributed by atoms with Crippen LogP contribution in [0.2, 0.25) is 0 Å². The Balaban J connectivity index is 1.63. The molecule has 8 atom stereocenters. The summed E-state index contributed by atoms with van der Waals surface area (Å²) in [6.45, 7) is 8.07. The van der Waals surface area contributed by atoms with E-state index in [0.29, 0.717) is 18.3 Å². The van der Waals surface area contributed by atoms with E-state index >= 15 is 0 Å². The summed E-state index contributed by atoms with van der Waals surface area (Å²) in [6.07, 6.45) is 8.77. The highest BCUT2D eigenvalue weighted by Gasteiger charge is 2.81. The fourth-order valence-electron chi connectivity index (χ4n) is 7.62. The fraction of sp³-hybridized carbons (Fsp3) is 0.727. The molecule has 4 nitrogen and oxygen atoms in total. The van der Waals surface area contributed by atoms with Gasteiger partial charge in [0.1, 0.15) is 11.2 Å². The molecule has 0 aromatic rings. The van der Waals surface area contributed by atoms with Crippen LogP contribution in [-0.4, -0.2) is 34.0 Å². The third-order valence-corrected chi connectivity index (χ3v) is 9.00. The number of rotatable bonds is 1. The second kappa shape index (κ2) is 4.59. The molecule has 4 heteroatoms. The number of hydrogen-bond donors (Lipinski definition) is 1. The number of allylic oxidation sites excluding steroid dienone is 2. The maximum Gasteiger partial charge on any atom is 0.178 e. The average Bonchev–Trinajstić information content (AvgIpc) is 3.23. The molecule has 1 spiro atoms. The van der Waals surface area contributed by atoms with E-state index in [2.05, 4.69) is 26.8 Å². The Morgan fingerprint density at radius 2 is 2.04 bits per heavy atom. The molecule has 0 bridgehead atoms. The predicted octanol–water partition coefficient (Wildman–Crippen LogP) is 2.99. The second-order valence-corrected chi connectivity index (χ2v) is 9.86. The van der Waals surface area contributed by atoms with Crippen molar-refractivity contribution in [3.63, 3.8) is 0 Å². The maximum atomic E-state index is 12.3. The van der Waals surface area contributed by atoms with E-state index in [1.54, 1.807) is 6.08 Å². The van der Waals surface area contributed by atoms with Crippen LogP contribution in [0.25, 0.3) is 0 Å². The minimum Gasteiger partial charge on any atom is -0.382 e. The highest BCUT2D eigenvalue weighted by atomic mass is 16.6. The van der Waals surface area contributed by atoms with Crippen LogP contribution in [0, 0.1) is 28.6 Å². The summed E-state index contributed by atoms with van der Waals surface area (Å²) in [5, 5.41) is 11.3. The van der Waals surface area contributed by atoms with E-state index in [4.69, 9.17) is 4.74 Å². The van der Waals surface area contributed by atoms with Gasteiger partial charge in [-0.3, -0.25) is 9.59 Å². The number of fused-ring (bicyclic) bond motifs is 3. The molecule has 1 heterocycles. The zero-order valence-electron chi connectivity index (χ0n) is 16.0. The van der Waals surface area contributed by atoms with Crippen molar-refractivity contribution in [2.24, 2.45) is 28.6 Å². The van der Waals surface area contributed by atoms with Crippen LogP contribution >= 0.6 is 0 Å². The molecular formula is C22H28O4. The molecular weight excluding hydrogens is 328 g/mol. The van der Waals surface area contributed by atoms with Crippen LogP contribution in [0.3, 0.4) is 0 Å². The van der Waals surface area contributed by atoms with Crippen molar-refractivity contribution in [1.82, 2.24) is 0 Å². The van der Waals surface area contributed by atoms with Crippen molar-refractivity contribution in [1.29, 1.82) is 0 Å². The van der Waals surface area contributed by atoms with Gasteiger partial charge >= 0.3 is 0 Å². The number of ether oxygens (including phenoxy) is 1. The van der Waals surface area contributed by atoms with Crippen molar-refractivity contribution in [2.45, 2.75) is 70.7 Å². The van der Waals surface area contributed by atoms with Gasteiger partial charge in [0, 0.05) is 10.8 Å². The summed E-state index contributed by atoms with van der Waals surface area (Å²) in [5.41, 5.74) is -0.971. The van der Waals surface area contributed by atoms with Crippen LogP contribution in [-0.2, 0) is 14.3 Å². The van der Waals surface area contributed by atoms with Crippen molar-refractivity contribution in [3.05, 3.63) is 23.8 Å². The van der Waals surface area contributed by atoms with Crippen LogP contribution in [0.1, 0.15) is 53.4 Å². The Kier molecular flexibility index (Phi) is 2.98. The predicted molar refractivity (Wildman–Crippen MR) is 96.3 cm³/mol. The first-order chi connectivity index (χ1) is 12.1. The van der Waals surface area contributed by atoms with Crippen molar-refractivity contribution in [3.8, 4) is 0 Å². The van der Waals surface area contributed by atoms with E-state index in [0.717, 1.165) is 19.3 Å². The highest BCUT2D eigenvalue weighted by Crippen LogP contribution is 2.76. The third kappa shape index (κ3) is 1.57. The van der Waals surface area contributed by atoms with E-state index < -0.39 is 11.0 Å². The number of hydrogen-bond acceptors (Lipinski definition) is 4. The molecule has 1 saturated heterocycles. The molecule has 0 amide bonds. The molecule has 4 fully saturated rings. The summed E-state index contributed by atoms with van der Waals surface area (Å²) in [6, 6.07) is 0. The fourth-order valence-corrected chi connectivity index (χ4v) is 7.62. The number of epoxide rings is 1. The first kappa shape index (κ1) is 16.9. The number of carbonyl (C=O) groups excluding carboxylic acids is 2. The lowest BCUT2D eigenvalue weighted by atomic mass is 9.45. The Morgan fingerprint density at radius 3 is 2.73 bits per heavy atom. The van der Waals surface area contributed by atoms with Gasteiger partial charge in [-0.1, -0.05) is 25.5 Å². The van der Waals surface area contributed by atoms with Crippen LogP contribution in [0.15, 0.2) is 23.8 Å². The monoisotopic (exact) mass is 356 g/mol. The Bertz CT molecular complexity index is 796. The highest BCUT2D eigenvalue weighted by molar-refractivity contribution is 6.01. The number of aliphatic hydroxyl groups is 1. The van der Waals surface area contributed by atoms with Crippen molar-refractivity contribution in [2.75, 3.05) is 0 Å². The third-order valence-electron chi connectivity index (χ3n) is 9.00. The number of Topliss-reactive ketones (excluding diaryl/α,β-unsaturated/α-hetero) is 1. The van der Waals surface area contributed by atoms with E-state index in [-0.39, 0.29) is 34.6 Å². The van der Waals surface area contributed by atoms with Gasteiger partial charge in [-0.05, 0) is 69.4 Å². The molecule has 1 unspecified atom stereocenters. The number of ketones is 2. The SMILES string of the molecule is CC(=O)[C@@]1(O)CC[C@H]2[C@@H]3C[C@H](C)C4=CC(=O)C=C[C@]4(C)C34O[C@H]4C[C@@]21C. The molecule has 1 aliphatic heterocycles. The molecule has 4 aliphatic carbocycles. The van der Waals surface area contributed by atoms with Gasteiger partial charge in [0.25, 0.3) is 0 Å². The molecule has 0 aromatic heterocycles. The summed E-state index contributed by atoms with van der Waals surface area (Å²) in [7, 11) is 0. The lowest BCUT2D eigenvalue weighted by Crippen LogP contribution is -2.61. The molecule has 140 valence electrons. The van der Waals surface area contributed by atoms with Gasteiger partial charge in [0.15, 0.2) is 11.6 Å². The Hall–Kier alpha value is -1.26. The lowest BCUT2D eigenvalue weighted by molar-refractivity contribution is -0.155. The van der Waals surface area contributed by atoms with Crippen LogP contribution < -0.4 is 0 Å². The zero-order chi connectivity index (χ0) is 18.7. The van der Waals surface area contributed by atoms with E-state index in [9.17, 15) is 14.7 Å². The second-order valence-electron chi connectivity index (χ2n) is 9.86. The Morgan fingerprint density at radius 1 is 1.31 bits per heavy atom. The smallest absolute Gasteiger partial charge is 0.178 e. The topological polar surface area (TPSA) is 66.9 Å². The first-order valence-electron chi connectivity index (χ1n) is 9.97. The van der Waals surface area contributed by atoms with Crippen LogP contribution in [0.4, 0.5) is 0 Å². The molecule has 0 radical (unpaired) electrons. The molecule has 5 rings (SSSR count). The Labute approximate surface area is 154 Å². The minimum absolute atomic E-state index is 0.0523. The van der Waals surface area contributed by atoms with Crippen molar-refractivity contribution < 1.29 is 19.4 Å². The summed E-state index contributed by atoms with van der Waals surface area (Å²) in [4.78, 5) is 24.4. The van der Waals surface area contributed by atoms with E-state index in [1.165, 1.54) is 12.5 Å². The summed E-state index contributed by atoms with van der Waals surface area (Å²) in [5.74, 6) is 0.873. The van der Waals surface area contributed by atoms with Gasteiger partial charge in [0.2, 0.25) is 0 Å². The molecule has 0 aromatic carbocycles. The van der Waals surface area contributed by atoms with Gasteiger partial charge in [-0.15, -0.1) is 0 Å². The van der Waals surface area contributed by atoms with Gasteiger partial charge < -0.3 is 9.84 Å². The zero-order valence-corrected chi connectivity index (χ0v) is 16.0. The minimum atomic E-state index is -1.23. The van der Waals surface area contributed by atoms with E-state index in [1.807, 2.05) is 6.08 Å². The lowest BCUT2D eigenvalue weighted by Gasteiger charge is -2.57. The molecule has 5 aliphatic rings. The summed E-state index contributed by atoms with van der Waals surface area (Å²) < 4.78 is 6.47. The molecule has 1 N–H and O–H groups in total. The van der Waals surface area contributed by atoms with Gasteiger partial charge in [-0.25, -0.2) is 0 Å². The van der Waals surface area contributed by atoms with Crippen molar-refractivity contribution >= 4 is 11.6 Å². The largest absolute Gasteiger partial charge is 0.382 e.